The van der Waals surface area contributed by atoms with Gasteiger partial charge < -0.3 is 9.64 Å². The number of amides is 1. The number of aryl methyl sites for hydroxylation is 1. The van der Waals surface area contributed by atoms with Crippen LogP contribution in [0.2, 0.25) is 0 Å². The maximum absolute atomic E-state index is 13.1. The summed E-state index contributed by atoms with van der Waals surface area (Å²) in [5, 5.41) is 0. The Morgan fingerprint density at radius 3 is 1.96 bits per heavy atom. The molecule has 1 atom stereocenters. The van der Waals surface area contributed by atoms with Gasteiger partial charge in [-0.3, -0.25) is 9.59 Å². The lowest BCUT2D eigenvalue weighted by Gasteiger charge is -2.24. The molecule has 3 aromatic rings. The fourth-order valence-electron chi connectivity index (χ4n) is 2.93. The fraction of sp³-hybridized carbons (Fsp3) is 0.167. The third-order valence-electron chi connectivity index (χ3n) is 4.51. The minimum absolute atomic E-state index is 0.218. The Hall–Kier alpha value is -3.40. The van der Waals surface area contributed by atoms with Crippen molar-refractivity contribution in [1.82, 2.24) is 0 Å². The predicted molar refractivity (Wildman–Crippen MR) is 110 cm³/mol. The summed E-state index contributed by atoms with van der Waals surface area (Å²) >= 11 is 0. The molecular formula is C24H23NO3. The summed E-state index contributed by atoms with van der Waals surface area (Å²) < 4.78 is 5.63. The molecule has 0 heterocycles. The summed E-state index contributed by atoms with van der Waals surface area (Å²) in [7, 11) is 1.69. The Kier molecular flexibility index (Phi) is 6.58. The van der Waals surface area contributed by atoms with Gasteiger partial charge in [0.2, 0.25) is 6.10 Å². The minimum atomic E-state index is -0.977. The van der Waals surface area contributed by atoms with E-state index in [0.29, 0.717) is 12.0 Å². The Bertz CT molecular complexity index is 895. The molecule has 0 aliphatic carbocycles. The van der Waals surface area contributed by atoms with Crippen LogP contribution in [0.3, 0.4) is 0 Å². The minimum Gasteiger partial charge on any atom is -0.447 e. The van der Waals surface area contributed by atoms with Crippen LogP contribution < -0.4 is 4.90 Å². The molecule has 4 heteroatoms. The van der Waals surface area contributed by atoms with Crippen LogP contribution in [0, 0.1) is 0 Å². The van der Waals surface area contributed by atoms with Gasteiger partial charge in [0, 0.05) is 24.7 Å². The van der Waals surface area contributed by atoms with Gasteiger partial charge in [-0.2, -0.15) is 0 Å². The van der Waals surface area contributed by atoms with E-state index in [0.717, 1.165) is 11.3 Å². The van der Waals surface area contributed by atoms with Gasteiger partial charge in [-0.25, -0.2) is 0 Å². The monoisotopic (exact) mass is 373 g/mol. The first-order chi connectivity index (χ1) is 13.6. The summed E-state index contributed by atoms with van der Waals surface area (Å²) in [5.41, 5.74) is 2.46. The Labute approximate surface area is 165 Å². The molecule has 3 rings (SSSR count). The Morgan fingerprint density at radius 1 is 0.821 bits per heavy atom. The first-order valence-electron chi connectivity index (χ1n) is 9.26. The molecule has 4 nitrogen and oxygen atoms in total. The fourth-order valence-corrected chi connectivity index (χ4v) is 2.93. The van der Waals surface area contributed by atoms with Crippen LogP contribution in [0.5, 0.6) is 0 Å². The number of esters is 1. The van der Waals surface area contributed by atoms with Crippen molar-refractivity contribution in [1.29, 1.82) is 0 Å². The second kappa shape index (κ2) is 9.51. The van der Waals surface area contributed by atoms with E-state index < -0.39 is 12.1 Å². The molecule has 0 radical (unpaired) electrons. The second-order valence-electron chi connectivity index (χ2n) is 6.50. The highest BCUT2D eigenvalue weighted by Gasteiger charge is 2.28. The molecule has 0 saturated heterocycles. The number of para-hydroxylation sites is 1. The van der Waals surface area contributed by atoms with E-state index in [1.807, 2.05) is 78.9 Å². The number of nitrogens with zero attached hydrogens (tertiary/aromatic N) is 1. The topological polar surface area (TPSA) is 46.6 Å². The standard InChI is InChI=1S/C24H23NO3/c1-25(21-15-9-4-10-16-21)24(27)23(20-13-7-3-8-14-20)28-22(26)18-17-19-11-5-2-6-12-19/h2-16,23H,17-18H2,1H3/t23-/m0/s1. The van der Waals surface area contributed by atoms with Crippen molar-refractivity contribution in [3.63, 3.8) is 0 Å². The average molecular weight is 373 g/mol. The van der Waals surface area contributed by atoms with Gasteiger partial charge in [-0.05, 0) is 24.1 Å². The van der Waals surface area contributed by atoms with Gasteiger partial charge >= 0.3 is 5.97 Å². The van der Waals surface area contributed by atoms with Crippen LogP contribution in [-0.4, -0.2) is 18.9 Å². The molecule has 0 aliphatic heterocycles. The average Bonchev–Trinajstić information content (AvgIpc) is 2.77. The van der Waals surface area contributed by atoms with E-state index in [4.69, 9.17) is 4.74 Å². The van der Waals surface area contributed by atoms with Crippen LogP contribution >= 0.6 is 0 Å². The number of rotatable bonds is 7. The third kappa shape index (κ3) is 5.07. The zero-order chi connectivity index (χ0) is 19.8. The largest absolute Gasteiger partial charge is 0.447 e. The maximum Gasteiger partial charge on any atom is 0.307 e. The number of hydrogen-bond donors (Lipinski definition) is 0. The summed E-state index contributed by atoms with van der Waals surface area (Å²) in [4.78, 5) is 27.1. The summed E-state index contributed by atoms with van der Waals surface area (Å²) in [6, 6.07) is 28.2. The van der Waals surface area contributed by atoms with Crippen LogP contribution in [0.15, 0.2) is 91.0 Å². The lowest BCUT2D eigenvalue weighted by atomic mass is 10.1. The smallest absolute Gasteiger partial charge is 0.307 e. The molecule has 0 fully saturated rings. The number of carbonyl (C=O) groups excluding carboxylic acids is 2. The molecule has 0 aliphatic rings. The van der Waals surface area contributed by atoms with Crippen molar-refractivity contribution in [2.24, 2.45) is 0 Å². The van der Waals surface area contributed by atoms with Crippen molar-refractivity contribution in [3.05, 3.63) is 102 Å². The normalized spacial score (nSPS) is 11.5. The highest BCUT2D eigenvalue weighted by atomic mass is 16.5. The molecule has 142 valence electrons. The van der Waals surface area contributed by atoms with E-state index in [1.54, 1.807) is 19.2 Å². The van der Waals surface area contributed by atoms with E-state index in [-0.39, 0.29) is 12.3 Å². The first kappa shape index (κ1) is 19.4. The van der Waals surface area contributed by atoms with Gasteiger partial charge in [0.15, 0.2) is 0 Å². The lowest BCUT2D eigenvalue weighted by molar-refractivity contribution is -0.155. The molecule has 0 unspecified atom stereocenters. The molecule has 0 saturated carbocycles. The summed E-state index contributed by atoms with van der Waals surface area (Å²) in [6.45, 7) is 0. The van der Waals surface area contributed by atoms with Crippen molar-refractivity contribution >= 4 is 17.6 Å². The Balaban J connectivity index is 1.74. The number of anilines is 1. The van der Waals surface area contributed by atoms with E-state index in [9.17, 15) is 9.59 Å². The van der Waals surface area contributed by atoms with Crippen LogP contribution in [0.4, 0.5) is 5.69 Å². The van der Waals surface area contributed by atoms with Gasteiger partial charge in [0.1, 0.15) is 0 Å². The molecule has 0 spiro atoms. The van der Waals surface area contributed by atoms with Gasteiger partial charge in [0.05, 0.1) is 0 Å². The summed E-state index contributed by atoms with van der Waals surface area (Å²) in [6.07, 6.45) is -0.186. The number of likely N-dealkylation sites (N-methyl/N-ethyl adjacent to an activating group) is 1. The number of benzene rings is 3. The van der Waals surface area contributed by atoms with E-state index >= 15 is 0 Å². The molecule has 1 amide bonds. The number of carbonyl (C=O) groups is 2. The Morgan fingerprint density at radius 2 is 1.36 bits per heavy atom. The van der Waals surface area contributed by atoms with Crippen molar-refractivity contribution in [3.8, 4) is 0 Å². The summed E-state index contributed by atoms with van der Waals surface area (Å²) in [5.74, 6) is -0.682. The molecule has 3 aromatic carbocycles. The van der Waals surface area contributed by atoms with Crippen LogP contribution in [0.1, 0.15) is 23.7 Å². The molecule has 0 bridgehead atoms. The van der Waals surface area contributed by atoms with Crippen molar-refractivity contribution < 1.29 is 14.3 Å². The SMILES string of the molecule is CN(C(=O)[C@@H](OC(=O)CCc1ccccc1)c1ccccc1)c1ccccc1. The quantitative estimate of drug-likeness (QED) is 0.570. The zero-order valence-corrected chi connectivity index (χ0v) is 15.8. The van der Waals surface area contributed by atoms with Crippen molar-refractivity contribution in [2.45, 2.75) is 18.9 Å². The van der Waals surface area contributed by atoms with E-state index in [2.05, 4.69) is 0 Å². The molecular weight excluding hydrogens is 350 g/mol. The number of ether oxygens (including phenoxy) is 1. The third-order valence-corrected chi connectivity index (χ3v) is 4.51. The van der Waals surface area contributed by atoms with E-state index in [1.165, 1.54) is 4.90 Å². The zero-order valence-electron chi connectivity index (χ0n) is 15.8. The predicted octanol–water partition coefficient (Wildman–Crippen LogP) is 4.57. The number of hydrogen-bond acceptors (Lipinski definition) is 3. The van der Waals surface area contributed by atoms with Gasteiger partial charge in [0.25, 0.3) is 5.91 Å². The highest BCUT2D eigenvalue weighted by Crippen LogP contribution is 2.24. The van der Waals surface area contributed by atoms with Crippen molar-refractivity contribution in [2.75, 3.05) is 11.9 Å². The van der Waals surface area contributed by atoms with Crippen LogP contribution in [0.25, 0.3) is 0 Å². The maximum atomic E-state index is 13.1. The first-order valence-corrected chi connectivity index (χ1v) is 9.26. The van der Waals surface area contributed by atoms with Gasteiger partial charge in [-0.1, -0.05) is 78.9 Å². The van der Waals surface area contributed by atoms with Gasteiger partial charge in [-0.15, -0.1) is 0 Å². The molecule has 0 aromatic heterocycles. The lowest BCUT2D eigenvalue weighted by Crippen LogP contribution is -2.34. The second-order valence-corrected chi connectivity index (χ2v) is 6.50. The highest BCUT2D eigenvalue weighted by molar-refractivity contribution is 5.97. The molecule has 0 N–H and O–H groups in total. The van der Waals surface area contributed by atoms with Crippen LogP contribution in [-0.2, 0) is 20.7 Å². The molecule has 28 heavy (non-hydrogen) atoms.